The number of pyridine rings is 1. The van der Waals surface area contributed by atoms with Gasteiger partial charge in [-0.3, -0.25) is 10.2 Å². The van der Waals surface area contributed by atoms with Gasteiger partial charge in [0.25, 0.3) is 0 Å². The summed E-state index contributed by atoms with van der Waals surface area (Å²) >= 11 is 0. The minimum atomic E-state index is -1.18. The highest BCUT2D eigenvalue weighted by Gasteiger charge is 2.25. The number of rotatable bonds is 5. The normalized spacial score (nSPS) is 17.1. The van der Waals surface area contributed by atoms with Crippen LogP contribution in [0.4, 0.5) is 5.82 Å². The Morgan fingerprint density at radius 2 is 2.27 bits per heavy atom. The van der Waals surface area contributed by atoms with E-state index < -0.39 is 5.97 Å². The first-order valence-corrected chi connectivity index (χ1v) is 6.68. The van der Waals surface area contributed by atoms with Gasteiger partial charge in [-0.15, -0.1) is 0 Å². The van der Waals surface area contributed by atoms with Crippen LogP contribution in [0.2, 0.25) is 0 Å². The lowest BCUT2D eigenvalue weighted by molar-refractivity contribution is -0.117. The molecule has 0 aliphatic carbocycles. The predicted molar refractivity (Wildman–Crippen MR) is 81.2 cm³/mol. The maximum atomic E-state index is 11.3. The van der Waals surface area contributed by atoms with Gasteiger partial charge in [0.15, 0.2) is 0 Å². The van der Waals surface area contributed by atoms with Gasteiger partial charge in [0.05, 0.1) is 5.56 Å². The fraction of sp³-hybridized carbons (Fsp3) is 0.286. The van der Waals surface area contributed by atoms with Crippen LogP contribution in [0.3, 0.4) is 0 Å². The number of amidine groups is 1. The van der Waals surface area contributed by atoms with Crippen LogP contribution < -0.4 is 16.0 Å². The summed E-state index contributed by atoms with van der Waals surface area (Å²) in [5.74, 6) is -1.20. The fourth-order valence-electron chi connectivity index (χ4n) is 2.36. The molecular weight excluding hydrogens is 286 g/mol. The maximum Gasteiger partial charge on any atom is 0.338 e. The largest absolute Gasteiger partial charge is 0.478 e. The first-order chi connectivity index (χ1) is 10.4. The Hall–Kier alpha value is -2.90. The van der Waals surface area contributed by atoms with Crippen LogP contribution in [0.1, 0.15) is 22.3 Å². The molecule has 0 bridgehead atoms. The third-order valence-electron chi connectivity index (χ3n) is 3.45. The molecular formula is C14H17N5O3. The van der Waals surface area contributed by atoms with Crippen LogP contribution in [0, 0.1) is 5.41 Å². The Morgan fingerprint density at radius 3 is 2.86 bits per heavy atom. The lowest BCUT2D eigenvalue weighted by Gasteiger charge is -2.19. The van der Waals surface area contributed by atoms with E-state index in [0.29, 0.717) is 18.9 Å². The smallest absolute Gasteiger partial charge is 0.338 e. The highest BCUT2D eigenvalue weighted by Crippen LogP contribution is 2.21. The number of carboxylic acid groups (broad SMARTS) is 1. The number of carbonyl (C=O) groups is 2. The minimum absolute atomic E-state index is 0.0211. The molecule has 8 nitrogen and oxygen atoms in total. The quantitative estimate of drug-likeness (QED) is 0.342. The maximum absolute atomic E-state index is 11.3. The number of amides is 1. The topological polar surface area (TPSA) is 132 Å². The Morgan fingerprint density at radius 1 is 1.55 bits per heavy atom. The standard InChI is InChI=1S/C14H17N5O3/c1-2-12(20)18-8-3-4-19(7-8)11-5-9(13(15)16)10(6-17-11)14(21)22/h2,5-6,8H,1,3-4,7H2,(H3,15,16)(H,18,20)(H,21,22)/t8-/m1/s1. The number of hydrogen-bond acceptors (Lipinski definition) is 5. The van der Waals surface area contributed by atoms with Crippen molar-refractivity contribution in [3.05, 3.63) is 36.0 Å². The average Bonchev–Trinajstić information content (AvgIpc) is 2.94. The summed E-state index contributed by atoms with van der Waals surface area (Å²) in [5, 5.41) is 19.4. The second kappa shape index (κ2) is 6.25. The van der Waals surface area contributed by atoms with Gasteiger partial charge in [0.1, 0.15) is 11.7 Å². The van der Waals surface area contributed by atoms with E-state index in [0.717, 1.165) is 6.42 Å². The summed E-state index contributed by atoms with van der Waals surface area (Å²) < 4.78 is 0. The van der Waals surface area contributed by atoms with Crippen molar-refractivity contribution in [2.45, 2.75) is 12.5 Å². The van der Waals surface area contributed by atoms with Crippen molar-refractivity contribution in [1.82, 2.24) is 10.3 Å². The predicted octanol–water partition coefficient (Wildman–Crippen LogP) is -0.0552. The molecule has 1 fully saturated rings. The molecule has 5 N–H and O–H groups in total. The zero-order valence-electron chi connectivity index (χ0n) is 11.9. The molecule has 1 aliphatic rings. The third-order valence-corrected chi connectivity index (χ3v) is 3.45. The number of hydrogen-bond donors (Lipinski definition) is 4. The van der Waals surface area contributed by atoms with Crippen LogP contribution in [0.5, 0.6) is 0 Å². The summed E-state index contributed by atoms with van der Waals surface area (Å²) in [5.41, 5.74) is 5.47. The SMILES string of the molecule is C=CC(=O)N[C@@H]1CCN(c2cc(C(=N)N)c(C(=O)O)cn2)C1. The number of nitrogen functional groups attached to an aromatic ring is 1. The fourth-order valence-corrected chi connectivity index (χ4v) is 2.36. The molecule has 22 heavy (non-hydrogen) atoms. The van der Waals surface area contributed by atoms with Gasteiger partial charge in [0, 0.05) is 30.9 Å². The minimum Gasteiger partial charge on any atom is -0.478 e. The summed E-state index contributed by atoms with van der Waals surface area (Å²) in [6, 6.07) is 1.47. The Bertz CT molecular complexity index is 643. The number of carbonyl (C=O) groups excluding carboxylic acids is 1. The zero-order chi connectivity index (χ0) is 16.3. The van der Waals surface area contributed by atoms with E-state index >= 15 is 0 Å². The van der Waals surface area contributed by atoms with E-state index in [2.05, 4.69) is 16.9 Å². The molecule has 0 spiro atoms. The van der Waals surface area contributed by atoms with Crippen LogP contribution in [-0.4, -0.2) is 46.9 Å². The van der Waals surface area contributed by atoms with Gasteiger partial charge in [0.2, 0.25) is 5.91 Å². The molecule has 0 aromatic carbocycles. The Labute approximate surface area is 127 Å². The second-order valence-electron chi connectivity index (χ2n) is 4.95. The van der Waals surface area contributed by atoms with Crippen LogP contribution in [-0.2, 0) is 4.79 Å². The van der Waals surface area contributed by atoms with Crippen molar-refractivity contribution in [2.24, 2.45) is 5.73 Å². The molecule has 1 saturated heterocycles. The summed E-state index contributed by atoms with van der Waals surface area (Å²) in [4.78, 5) is 28.4. The molecule has 0 saturated carbocycles. The Kier molecular flexibility index (Phi) is 4.40. The molecule has 0 unspecified atom stereocenters. The number of nitrogens with two attached hydrogens (primary N) is 1. The van der Waals surface area contributed by atoms with Gasteiger partial charge in [-0.2, -0.15) is 0 Å². The molecule has 0 radical (unpaired) electrons. The first-order valence-electron chi connectivity index (χ1n) is 6.68. The van der Waals surface area contributed by atoms with Gasteiger partial charge in [-0.1, -0.05) is 6.58 Å². The summed E-state index contributed by atoms with van der Waals surface area (Å²) in [6.07, 6.45) is 3.16. The van der Waals surface area contributed by atoms with E-state index in [1.54, 1.807) is 0 Å². The highest BCUT2D eigenvalue weighted by atomic mass is 16.4. The molecule has 1 atom stereocenters. The van der Waals surface area contributed by atoms with E-state index in [1.165, 1.54) is 18.3 Å². The number of carboxylic acids is 1. The molecule has 1 amide bonds. The molecule has 116 valence electrons. The van der Waals surface area contributed by atoms with E-state index in [1.807, 2.05) is 4.90 Å². The van der Waals surface area contributed by atoms with Crippen LogP contribution >= 0.6 is 0 Å². The van der Waals surface area contributed by atoms with Gasteiger partial charge < -0.3 is 21.1 Å². The summed E-state index contributed by atoms with van der Waals surface area (Å²) in [7, 11) is 0. The number of aromatic carboxylic acids is 1. The van der Waals surface area contributed by atoms with Crippen molar-refractivity contribution in [2.75, 3.05) is 18.0 Å². The number of aromatic nitrogens is 1. The number of anilines is 1. The van der Waals surface area contributed by atoms with Gasteiger partial charge in [-0.05, 0) is 18.6 Å². The van der Waals surface area contributed by atoms with Gasteiger partial charge >= 0.3 is 5.97 Å². The van der Waals surface area contributed by atoms with Crippen LogP contribution in [0.15, 0.2) is 24.9 Å². The van der Waals surface area contributed by atoms with Crippen LogP contribution in [0.25, 0.3) is 0 Å². The number of nitrogens with zero attached hydrogens (tertiary/aromatic N) is 2. The number of nitrogens with one attached hydrogen (secondary N) is 2. The average molecular weight is 303 g/mol. The van der Waals surface area contributed by atoms with Crippen molar-refractivity contribution in [3.63, 3.8) is 0 Å². The van der Waals surface area contributed by atoms with Crippen molar-refractivity contribution in [1.29, 1.82) is 5.41 Å². The first kappa shape index (κ1) is 15.5. The van der Waals surface area contributed by atoms with E-state index in [9.17, 15) is 9.59 Å². The van der Waals surface area contributed by atoms with Crippen molar-refractivity contribution < 1.29 is 14.7 Å². The molecule has 1 aliphatic heterocycles. The summed E-state index contributed by atoms with van der Waals surface area (Å²) in [6.45, 7) is 4.62. The Balaban J connectivity index is 2.18. The van der Waals surface area contributed by atoms with E-state index in [-0.39, 0.29) is 28.9 Å². The zero-order valence-corrected chi connectivity index (χ0v) is 11.9. The molecule has 2 heterocycles. The van der Waals surface area contributed by atoms with Crippen molar-refractivity contribution >= 4 is 23.5 Å². The lowest BCUT2D eigenvalue weighted by Crippen LogP contribution is -2.36. The molecule has 1 aromatic rings. The second-order valence-corrected chi connectivity index (χ2v) is 4.95. The van der Waals surface area contributed by atoms with Gasteiger partial charge in [-0.25, -0.2) is 9.78 Å². The highest BCUT2D eigenvalue weighted by molar-refractivity contribution is 6.05. The molecule has 1 aromatic heterocycles. The lowest BCUT2D eigenvalue weighted by atomic mass is 10.1. The molecule has 2 rings (SSSR count). The molecule has 8 heteroatoms. The van der Waals surface area contributed by atoms with Crippen molar-refractivity contribution in [3.8, 4) is 0 Å². The third kappa shape index (κ3) is 3.22. The van der Waals surface area contributed by atoms with E-state index in [4.69, 9.17) is 16.2 Å². The monoisotopic (exact) mass is 303 g/mol.